The number of amides is 2. The first-order valence-electron chi connectivity index (χ1n) is 8.79. The summed E-state index contributed by atoms with van der Waals surface area (Å²) >= 11 is 7.45. The van der Waals surface area contributed by atoms with Gasteiger partial charge in [0.15, 0.2) is 5.13 Å². The number of nitrogens with one attached hydrogen (secondary N) is 2. The standard InChI is InChI=1S/C20H19ClN4O3S/c1-11(2)28-19-16(21)8-14(9-22-19)18(27)25-20-24-17(10-29-20)13-4-6-15(7-5-13)23-12(3)26/h4-11H,1-3H3,(H,23,26)(H,24,25,27). The number of rotatable bonds is 6. The average molecular weight is 431 g/mol. The number of pyridine rings is 1. The number of halogens is 1. The molecule has 7 nitrogen and oxygen atoms in total. The van der Waals surface area contributed by atoms with Crippen molar-refractivity contribution < 1.29 is 14.3 Å². The van der Waals surface area contributed by atoms with Crippen molar-refractivity contribution >= 4 is 45.6 Å². The molecule has 2 heterocycles. The molecule has 2 amide bonds. The molecule has 3 aromatic rings. The normalized spacial score (nSPS) is 10.7. The van der Waals surface area contributed by atoms with Gasteiger partial charge in [-0.3, -0.25) is 14.9 Å². The third-order valence-corrected chi connectivity index (χ3v) is 4.67. The van der Waals surface area contributed by atoms with Crippen LogP contribution in [0.25, 0.3) is 11.3 Å². The maximum absolute atomic E-state index is 12.5. The Bertz CT molecular complexity index is 1030. The SMILES string of the molecule is CC(=O)Nc1ccc(-c2csc(NC(=O)c3cnc(OC(C)C)c(Cl)c3)n2)cc1. The van der Waals surface area contributed by atoms with Gasteiger partial charge in [0, 0.05) is 29.8 Å². The Hall–Kier alpha value is -2.97. The summed E-state index contributed by atoms with van der Waals surface area (Å²) in [4.78, 5) is 32.1. The van der Waals surface area contributed by atoms with E-state index in [0.717, 1.165) is 11.3 Å². The van der Waals surface area contributed by atoms with Crippen molar-refractivity contribution in [1.82, 2.24) is 9.97 Å². The second-order valence-electron chi connectivity index (χ2n) is 6.43. The maximum Gasteiger partial charge on any atom is 0.259 e. The minimum Gasteiger partial charge on any atom is -0.474 e. The summed E-state index contributed by atoms with van der Waals surface area (Å²) in [5.74, 6) is -0.204. The molecule has 0 aliphatic rings. The second kappa shape index (κ2) is 9.02. The molecule has 0 saturated heterocycles. The quantitative estimate of drug-likeness (QED) is 0.582. The van der Waals surface area contributed by atoms with Crippen molar-refractivity contribution in [2.24, 2.45) is 0 Å². The van der Waals surface area contributed by atoms with Crippen LogP contribution in [0.3, 0.4) is 0 Å². The predicted molar refractivity (Wildman–Crippen MR) is 115 cm³/mol. The Labute approximate surface area is 177 Å². The van der Waals surface area contributed by atoms with E-state index in [1.165, 1.54) is 30.5 Å². The van der Waals surface area contributed by atoms with Gasteiger partial charge in [-0.2, -0.15) is 0 Å². The van der Waals surface area contributed by atoms with E-state index in [1.807, 2.05) is 31.4 Å². The van der Waals surface area contributed by atoms with E-state index in [0.29, 0.717) is 16.4 Å². The Kier molecular flexibility index (Phi) is 6.46. The van der Waals surface area contributed by atoms with Gasteiger partial charge in [-0.05, 0) is 32.0 Å². The van der Waals surface area contributed by atoms with Crippen LogP contribution in [0, 0.1) is 0 Å². The number of nitrogens with zero attached hydrogens (tertiary/aromatic N) is 2. The number of hydrogen-bond donors (Lipinski definition) is 2. The first kappa shape index (κ1) is 20.8. The zero-order chi connectivity index (χ0) is 21.0. The Morgan fingerprint density at radius 1 is 1.17 bits per heavy atom. The summed E-state index contributed by atoms with van der Waals surface area (Å²) < 4.78 is 5.47. The lowest BCUT2D eigenvalue weighted by molar-refractivity contribution is -0.114. The van der Waals surface area contributed by atoms with Gasteiger partial charge in [-0.15, -0.1) is 11.3 Å². The minimum atomic E-state index is -0.364. The molecule has 0 radical (unpaired) electrons. The number of thiazole rings is 1. The van der Waals surface area contributed by atoms with Gasteiger partial charge in [0.05, 0.1) is 17.4 Å². The molecule has 2 aromatic heterocycles. The zero-order valence-electron chi connectivity index (χ0n) is 16.0. The third-order valence-electron chi connectivity index (χ3n) is 3.64. The summed E-state index contributed by atoms with van der Waals surface area (Å²) in [6, 6.07) is 8.80. The van der Waals surface area contributed by atoms with E-state index in [9.17, 15) is 9.59 Å². The van der Waals surface area contributed by atoms with Crippen molar-refractivity contribution in [2.45, 2.75) is 26.9 Å². The van der Waals surface area contributed by atoms with E-state index in [-0.39, 0.29) is 28.8 Å². The molecule has 3 rings (SSSR count). The van der Waals surface area contributed by atoms with Crippen LogP contribution in [-0.2, 0) is 4.79 Å². The first-order chi connectivity index (χ1) is 13.8. The molecule has 0 aliphatic heterocycles. The molecule has 0 spiro atoms. The molecular formula is C20H19ClN4O3S. The minimum absolute atomic E-state index is 0.0688. The largest absolute Gasteiger partial charge is 0.474 e. The van der Waals surface area contributed by atoms with Crippen LogP contribution in [0.1, 0.15) is 31.1 Å². The van der Waals surface area contributed by atoms with Crippen molar-refractivity contribution in [3.8, 4) is 17.1 Å². The van der Waals surface area contributed by atoms with Crippen molar-refractivity contribution in [3.05, 3.63) is 52.5 Å². The lowest BCUT2D eigenvalue weighted by Crippen LogP contribution is -2.13. The third kappa shape index (κ3) is 5.52. The van der Waals surface area contributed by atoms with Gasteiger partial charge in [-0.1, -0.05) is 23.7 Å². The van der Waals surface area contributed by atoms with Gasteiger partial charge in [-0.25, -0.2) is 9.97 Å². The zero-order valence-corrected chi connectivity index (χ0v) is 17.6. The second-order valence-corrected chi connectivity index (χ2v) is 7.69. The monoisotopic (exact) mass is 430 g/mol. The van der Waals surface area contributed by atoms with Crippen LogP contribution >= 0.6 is 22.9 Å². The smallest absolute Gasteiger partial charge is 0.259 e. The summed E-state index contributed by atoms with van der Waals surface area (Å²) in [7, 11) is 0. The number of ether oxygens (including phenoxy) is 1. The number of anilines is 2. The molecule has 0 unspecified atom stereocenters. The molecular weight excluding hydrogens is 412 g/mol. The predicted octanol–water partition coefficient (Wildman–Crippen LogP) is 4.86. The molecule has 2 N–H and O–H groups in total. The summed E-state index contributed by atoms with van der Waals surface area (Å²) in [5, 5.41) is 8.02. The highest BCUT2D eigenvalue weighted by Gasteiger charge is 2.14. The number of carbonyl (C=O) groups is 2. The molecule has 29 heavy (non-hydrogen) atoms. The van der Waals surface area contributed by atoms with Crippen LogP contribution < -0.4 is 15.4 Å². The first-order valence-corrected chi connectivity index (χ1v) is 10.0. The van der Waals surface area contributed by atoms with Crippen LogP contribution in [0.5, 0.6) is 5.88 Å². The highest BCUT2D eigenvalue weighted by atomic mass is 35.5. The molecule has 0 aliphatic carbocycles. The lowest BCUT2D eigenvalue weighted by atomic mass is 10.1. The molecule has 0 bridgehead atoms. The van der Waals surface area contributed by atoms with E-state index in [4.69, 9.17) is 16.3 Å². The highest BCUT2D eigenvalue weighted by Crippen LogP contribution is 2.27. The molecule has 0 atom stereocenters. The van der Waals surface area contributed by atoms with E-state index in [2.05, 4.69) is 20.6 Å². The van der Waals surface area contributed by atoms with E-state index >= 15 is 0 Å². The average Bonchev–Trinajstić information content (AvgIpc) is 3.11. The summed E-state index contributed by atoms with van der Waals surface area (Å²) in [6.07, 6.45) is 1.34. The topological polar surface area (TPSA) is 93.2 Å². The van der Waals surface area contributed by atoms with Crippen molar-refractivity contribution in [3.63, 3.8) is 0 Å². The number of benzene rings is 1. The van der Waals surface area contributed by atoms with Crippen LogP contribution in [0.4, 0.5) is 10.8 Å². The van der Waals surface area contributed by atoms with E-state index in [1.54, 1.807) is 12.1 Å². The van der Waals surface area contributed by atoms with Gasteiger partial charge < -0.3 is 10.1 Å². The van der Waals surface area contributed by atoms with Gasteiger partial charge in [0.1, 0.15) is 5.02 Å². The van der Waals surface area contributed by atoms with Gasteiger partial charge >= 0.3 is 0 Å². The number of hydrogen-bond acceptors (Lipinski definition) is 6. The van der Waals surface area contributed by atoms with Crippen molar-refractivity contribution in [1.29, 1.82) is 0 Å². The number of carbonyl (C=O) groups excluding carboxylic acids is 2. The van der Waals surface area contributed by atoms with Crippen molar-refractivity contribution in [2.75, 3.05) is 10.6 Å². The fourth-order valence-corrected chi connectivity index (χ4v) is 3.35. The van der Waals surface area contributed by atoms with Gasteiger partial charge in [0.25, 0.3) is 5.91 Å². The summed E-state index contributed by atoms with van der Waals surface area (Å²) in [5.41, 5.74) is 2.61. The van der Waals surface area contributed by atoms with Crippen LogP contribution in [0.15, 0.2) is 41.9 Å². The Morgan fingerprint density at radius 2 is 1.90 bits per heavy atom. The highest BCUT2D eigenvalue weighted by molar-refractivity contribution is 7.14. The molecule has 1 aromatic carbocycles. The van der Waals surface area contributed by atoms with E-state index < -0.39 is 0 Å². The van der Waals surface area contributed by atoms with Gasteiger partial charge in [0.2, 0.25) is 11.8 Å². The van der Waals surface area contributed by atoms with Crippen LogP contribution in [0.2, 0.25) is 5.02 Å². The molecule has 150 valence electrons. The van der Waals surface area contributed by atoms with Crippen LogP contribution in [-0.4, -0.2) is 27.9 Å². The lowest BCUT2D eigenvalue weighted by Gasteiger charge is -2.10. The molecule has 9 heteroatoms. The molecule has 0 saturated carbocycles. The molecule has 0 fully saturated rings. The Balaban J connectivity index is 1.69. The summed E-state index contributed by atoms with van der Waals surface area (Å²) in [6.45, 7) is 5.19. The number of aromatic nitrogens is 2. The maximum atomic E-state index is 12.5. The fraction of sp³-hybridized carbons (Fsp3) is 0.200. The fourth-order valence-electron chi connectivity index (χ4n) is 2.42. The Morgan fingerprint density at radius 3 is 2.52 bits per heavy atom.